The van der Waals surface area contributed by atoms with Gasteiger partial charge in [-0.3, -0.25) is 29.2 Å². The summed E-state index contributed by atoms with van der Waals surface area (Å²) in [5.41, 5.74) is 37.5. The van der Waals surface area contributed by atoms with Crippen molar-refractivity contribution in [2.75, 3.05) is 13.1 Å². The van der Waals surface area contributed by atoms with E-state index < -0.39 is 35.7 Å². The molecule has 0 unspecified atom stereocenters. The van der Waals surface area contributed by atoms with E-state index in [1.165, 1.54) is 0 Å². The smallest absolute Gasteiger partial charge is 0.224 e. The molecular weight excluding hydrogens is 646 g/mol. The number of aliphatic imine (C=N–C) groups is 2. The Kier molecular flexibility index (Phi) is 16.3. The molecular formula is C38H51N9O4. The summed E-state index contributed by atoms with van der Waals surface area (Å²) in [5.74, 6) is -3.53. The number of nitrogens with one attached hydrogen (secondary N) is 1. The SMILES string of the molecule is NC(=O)[C@H](CCCN=C(N)N)CC(=O)[C@H](Cc1ccc(-c2ccccc2)cc1)NC(=O)[C@H](CCCN=C(N)N)CC(=O)[C@@H](N)Cc1ccccc1. The van der Waals surface area contributed by atoms with Gasteiger partial charge in [-0.2, -0.15) is 0 Å². The van der Waals surface area contributed by atoms with Crippen molar-refractivity contribution in [3.63, 3.8) is 0 Å². The molecule has 0 saturated heterocycles. The zero-order chi connectivity index (χ0) is 37.2. The molecule has 0 bridgehead atoms. The molecule has 0 spiro atoms. The predicted molar refractivity (Wildman–Crippen MR) is 201 cm³/mol. The second-order valence-corrected chi connectivity index (χ2v) is 12.7. The van der Waals surface area contributed by atoms with Crippen molar-refractivity contribution in [1.29, 1.82) is 0 Å². The van der Waals surface area contributed by atoms with Crippen molar-refractivity contribution >= 4 is 35.3 Å². The van der Waals surface area contributed by atoms with E-state index in [0.717, 1.165) is 22.3 Å². The number of nitrogens with zero attached hydrogens (tertiary/aromatic N) is 2. The first-order valence-electron chi connectivity index (χ1n) is 17.1. The maximum atomic E-state index is 14.0. The topological polar surface area (TPSA) is 261 Å². The standard InChI is InChI=1S/C38H51N9O4/c39-31(21-25-9-3-1-4-10-25)33(48)24-30(14-8-20-46-38(43)44)36(51)47-32(34(49)23-29(35(40)50)13-7-19-45-37(41)42)22-26-15-17-28(18-16-26)27-11-5-2-6-12-27/h1-6,9-12,15-18,29-32H,7-8,13-14,19-24,39H2,(H2,40,50)(H,47,51)(H4,41,42,45)(H4,43,44,46)/t29-,30-,31+,32+/m1/s1. The molecule has 4 atom stereocenters. The lowest BCUT2D eigenvalue weighted by molar-refractivity contribution is -0.134. The van der Waals surface area contributed by atoms with Crippen LogP contribution in [-0.2, 0) is 32.0 Å². The number of carbonyl (C=O) groups excluding carboxylic acids is 4. The highest BCUT2D eigenvalue weighted by Gasteiger charge is 2.31. The monoisotopic (exact) mass is 697 g/mol. The number of rotatable bonds is 22. The number of hydrogen-bond acceptors (Lipinski definition) is 7. The van der Waals surface area contributed by atoms with E-state index >= 15 is 0 Å². The molecule has 0 saturated carbocycles. The Balaban J connectivity index is 1.83. The quantitative estimate of drug-likeness (QED) is 0.0457. The number of primary amides is 1. The highest BCUT2D eigenvalue weighted by molar-refractivity contribution is 5.94. The fourth-order valence-electron chi connectivity index (χ4n) is 5.76. The Hall–Kier alpha value is -5.56. The molecule has 272 valence electrons. The number of hydrogen-bond donors (Lipinski definition) is 7. The lowest BCUT2D eigenvalue weighted by atomic mass is 9.89. The largest absolute Gasteiger partial charge is 0.370 e. The number of amides is 2. The molecule has 2 amide bonds. The molecule has 3 aromatic rings. The first kappa shape index (κ1) is 39.9. The lowest BCUT2D eigenvalue weighted by Gasteiger charge is -2.24. The van der Waals surface area contributed by atoms with Gasteiger partial charge in [0.25, 0.3) is 0 Å². The van der Waals surface area contributed by atoms with Crippen LogP contribution in [-0.4, -0.2) is 60.5 Å². The van der Waals surface area contributed by atoms with Crippen LogP contribution in [0.4, 0.5) is 0 Å². The van der Waals surface area contributed by atoms with Crippen molar-refractivity contribution < 1.29 is 19.2 Å². The minimum Gasteiger partial charge on any atom is -0.370 e. The molecule has 0 radical (unpaired) electrons. The third-order valence-corrected chi connectivity index (χ3v) is 8.60. The molecule has 3 rings (SSSR count). The second-order valence-electron chi connectivity index (χ2n) is 12.7. The van der Waals surface area contributed by atoms with Crippen molar-refractivity contribution in [3.05, 3.63) is 96.1 Å². The molecule has 0 aromatic heterocycles. The second kappa shape index (κ2) is 20.8. The summed E-state index contributed by atoms with van der Waals surface area (Å²) < 4.78 is 0. The van der Waals surface area contributed by atoms with Crippen LogP contribution in [0.5, 0.6) is 0 Å². The van der Waals surface area contributed by atoms with Gasteiger partial charge in [0, 0.05) is 37.8 Å². The van der Waals surface area contributed by atoms with Gasteiger partial charge in [0.2, 0.25) is 11.8 Å². The number of carbonyl (C=O) groups is 4. The fraction of sp³-hybridized carbons (Fsp3) is 0.368. The number of ketones is 2. The van der Waals surface area contributed by atoms with Crippen LogP contribution in [0.3, 0.4) is 0 Å². The van der Waals surface area contributed by atoms with Gasteiger partial charge in [-0.1, -0.05) is 84.9 Å². The third-order valence-electron chi connectivity index (χ3n) is 8.60. The number of nitrogens with two attached hydrogens (primary N) is 6. The van der Waals surface area contributed by atoms with E-state index in [-0.39, 0.29) is 68.7 Å². The van der Waals surface area contributed by atoms with Gasteiger partial charge in [-0.15, -0.1) is 0 Å². The molecule has 3 aromatic carbocycles. The van der Waals surface area contributed by atoms with Crippen molar-refractivity contribution in [3.8, 4) is 11.1 Å². The average molecular weight is 698 g/mol. The Morgan fingerprint density at radius 2 is 1.08 bits per heavy atom. The molecule has 13 nitrogen and oxygen atoms in total. The highest BCUT2D eigenvalue weighted by Crippen LogP contribution is 2.22. The van der Waals surface area contributed by atoms with E-state index in [0.29, 0.717) is 19.3 Å². The molecule has 0 aliphatic carbocycles. The fourth-order valence-corrected chi connectivity index (χ4v) is 5.76. The third kappa shape index (κ3) is 14.4. The van der Waals surface area contributed by atoms with Gasteiger partial charge in [0.15, 0.2) is 23.5 Å². The summed E-state index contributed by atoms with van der Waals surface area (Å²) in [7, 11) is 0. The first-order valence-corrected chi connectivity index (χ1v) is 17.1. The summed E-state index contributed by atoms with van der Waals surface area (Å²) in [6.45, 7) is 0.531. The van der Waals surface area contributed by atoms with E-state index in [1.54, 1.807) is 0 Å². The van der Waals surface area contributed by atoms with Gasteiger partial charge in [0.1, 0.15) is 0 Å². The Morgan fingerprint density at radius 1 is 0.588 bits per heavy atom. The van der Waals surface area contributed by atoms with Crippen LogP contribution >= 0.6 is 0 Å². The molecule has 13 heteroatoms. The molecule has 51 heavy (non-hydrogen) atoms. The zero-order valence-corrected chi connectivity index (χ0v) is 29.0. The number of Topliss-reactive ketones (excluding diaryl/α,β-unsaturated/α-hetero) is 2. The van der Waals surface area contributed by atoms with Crippen LogP contribution in [0.1, 0.15) is 49.7 Å². The predicted octanol–water partition coefficient (Wildman–Crippen LogP) is 1.69. The minimum absolute atomic E-state index is 0.0740. The van der Waals surface area contributed by atoms with Crippen LogP contribution in [0.2, 0.25) is 0 Å². The number of guanidine groups is 2. The molecule has 0 aliphatic rings. The molecule has 0 aliphatic heterocycles. The molecule has 13 N–H and O–H groups in total. The first-order chi connectivity index (χ1) is 24.4. The molecule has 0 heterocycles. The molecule has 0 fully saturated rings. The Morgan fingerprint density at radius 3 is 1.63 bits per heavy atom. The normalized spacial score (nSPS) is 13.2. The zero-order valence-electron chi connectivity index (χ0n) is 29.0. The van der Waals surface area contributed by atoms with E-state index in [9.17, 15) is 19.2 Å². The summed E-state index contributed by atoms with van der Waals surface area (Å²) in [6.07, 6.45) is 1.54. The average Bonchev–Trinajstić information content (AvgIpc) is 3.11. The summed E-state index contributed by atoms with van der Waals surface area (Å²) >= 11 is 0. The lowest BCUT2D eigenvalue weighted by Crippen LogP contribution is -2.47. The summed E-state index contributed by atoms with van der Waals surface area (Å²) in [5, 5.41) is 2.91. The van der Waals surface area contributed by atoms with Gasteiger partial charge in [-0.05, 0) is 60.8 Å². The van der Waals surface area contributed by atoms with E-state index in [4.69, 9.17) is 34.4 Å². The van der Waals surface area contributed by atoms with E-state index in [2.05, 4.69) is 15.3 Å². The summed E-state index contributed by atoms with van der Waals surface area (Å²) in [6, 6.07) is 25.1. The van der Waals surface area contributed by atoms with Crippen molar-refractivity contribution in [1.82, 2.24) is 5.32 Å². The maximum absolute atomic E-state index is 14.0. The van der Waals surface area contributed by atoms with Crippen molar-refractivity contribution in [2.24, 2.45) is 56.2 Å². The Bertz CT molecular complexity index is 1620. The van der Waals surface area contributed by atoms with Gasteiger partial charge in [0.05, 0.1) is 12.1 Å². The highest BCUT2D eigenvalue weighted by atomic mass is 16.2. The van der Waals surface area contributed by atoms with Gasteiger partial charge < -0.3 is 39.7 Å². The summed E-state index contributed by atoms with van der Waals surface area (Å²) in [4.78, 5) is 61.5. The minimum atomic E-state index is -1.01. The Labute approximate surface area is 299 Å². The van der Waals surface area contributed by atoms with Crippen LogP contribution < -0.4 is 39.7 Å². The number of benzene rings is 3. The van der Waals surface area contributed by atoms with Crippen LogP contribution in [0.15, 0.2) is 94.9 Å². The van der Waals surface area contributed by atoms with Gasteiger partial charge >= 0.3 is 0 Å². The van der Waals surface area contributed by atoms with Crippen molar-refractivity contribution in [2.45, 2.75) is 63.5 Å². The van der Waals surface area contributed by atoms with E-state index in [1.807, 2.05) is 84.9 Å². The maximum Gasteiger partial charge on any atom is 0.224 e. The van der Waals surface area contributed by atoms with Crippen LogP contribution in [0.25, 0.3) is 11.1 Å². The van der Waals surface area contributed by atoms with Gasteiger partial charge in [-0.25, -0.2) is 0 Å². The van der Waals surface area contributed by atoms with Crippen LogP contribution in [0, 0.1) is 11.8 Å².